The van der Waals surface area contributed by atoms with E-state index in [0.717, 1.165) is 0 Å². The van der Waals surface area contributed by atoms with E-state index >= 15 is 0 Å². The molecule has 1 saturated heterocycles. The first-order valence-electron chi connectivity index (χ1n) is 4.42. The Morgan fingerprint density at radius 2 is 2.15 bits per heavy atom. The lowest BCUT2D eigenvalue weighted by atomic mass is 9.65. The molecule has 0 aromatic heterocycles. The number of carboxylic acid groups (broad SMARTS) is 1. The van der Waals surface area contributed by atoms with Crippen LogP contribution >= 0.6 is 0 Å². The molecule has 3 N–H and O–H groups in total. The van der Waals surface area contributed by atoms with Gasteiger partial charge in [-0.05, 0) is 0 Å². The van der Waals surface area contributed by atoms with Gasteiger partial charge in [0, 0.05) is 11.3 Å². The van der Waals surface area contributed by atoms with Gasteiger partial charge in [-0.15, -0.1) is 0 Å². The Morgan fingerprint density at radius 1 is 1.62 bits per heavy atom. The van der Waals surface area contributed by atoms with Crippen LogP contribution in [0.5, 0.6) is 0 Å². The molecule has 1 rings (SSSR count). The van der Waals surface area contributed by atoms with E-state index in [-0.39, 0.29) is 5.92 Å². The molecule has 2 atom stereocenters. The molecular formula is C9H17NO3. The molecule has 1 aliphatic heterocycles. The zero-order valence-electron chi connectivity index (χ0n) is 8.33. The topological polar surface area (TPSA) is 72.5 Å². The first kappa shape index (κ1) is 10.5. The summed E-state index contributed by atoms with van der Waals surface area (Å²) in [4.78, 5) is 11.1. The third kappa shape index (κ3) is 1.34. The minimum absolute atomic E-state index is 0.159. The molecule has 4 nitrogen and oxygen atoms in total. The number of ether oxygens (including phenoxy) is 1. The van der Waals surface area contributed by atoms with E-state index in [4.69, 9.17) is 15.6 Å². The molecular weight excluding hydrogens is 170 g/mol. The van der Waals surface area contributed by atoms with E-state index < -0.39 is 16.9 Å². The van der Waals surface area contributed by atoms with Crippen molar-refractivity contribution in [1.82, 2.24) is 0 Å². The predicted octanol–water partition coefficient (Wildman–Crippen LogP) is 0.461. The van der Waals surface area contributed by atoms with Crippen molar-refractivity contribution in [3.05, 3.63) is 0 Å². The van der Waals surface area contributed by atoms with E-state index in [2.05, 4.69) is 0 Å². The van der Waals surface area contributed by atoms with E-state index in [1.807, 2.05) is 20.8 Å². The Balaban J connectivity index is 3.05. The van der Waals surface area contributed by atoms with Gasteiger partial charge in [0.15, 0.2) is 0 Å². The largest absolute Gasteiger partial charge is 0.480 e. The molecule has 1 aliphatic rings. The maximum atomic E-state index is 11.1. The van der Waals surface area contributed by atoms with Crippen molar-refractivity contribution in [2.45, 2.75) is 26.3 Å². The highest BCUT2D eigenvalue weighted by atomic mass is 16.5. The van der Waals surface area contributed by atoms with E-state index in [1.54, 1.807) is 0 Å². The number of aliphatic carboxylic acids is 1. The molecule has 1 heterocycles. The Morgan fingerprint density at radius 3 is 2.46 bits per heavy atom. The molecule has 2 unspecified atom stereocenters. The van der Waals surface area contributed by atoms with Crippen molar-refractivity contribution in [1.29, 1.82) is 0 Å². The van der Waals surface area contributed by atoms with Crippen LogP contribution in [0.15, 0.2) is 0 Å². The van der Waals surface area contributed by atoms with Gasteiger partial charge < -0.3 is 15.6 Å². The summed E-state index contributed by atoms with van der Waals surface area (Å²) in [6, 6.07) is 0. The maximum absolute atomic E-state index is 11.1. The van der Waals surface area contributed by atoms with Crippen LogP contribution in [0.1, 0.15) is 20.8 Å². The lowest BCUT2D eigenvalue weighted by Crippen LogP contribution is -2.67. The van der Waals surface area contributed by atoms with Crippen LogP contribution < -0.4 is 5.73 Å². The number of hydrogen-bond acceptors (Lipinski definition) is 3. The van der Waals surface area contributed by atoms with Crippen LogP contribution in [-0.2, 0) is 9.53 Å². The van der Waals surface area contributed by atoms with Gasteiger partial charge in [-0.25, -0.2) is 0 Å². The van der Waals surface area contributed by atoms with Gasteiger partial charge >= 0.3 is 5.97 Å². The summed E-state index contributed by atoms with van der Waals surface area (Å²) < 4.78 is 5.30. The van der Waals surface area contributed by atoms with Crippen LogP contribution in [0.2, 0.25) is 0 Å². The van der Waals surface area contributed by atoms with Crippen LogP contribution in [0.4, 0.5) is 0 Å². The average molecular weight is 187 g/mol. The Kier molecular flexibility index (Phi) is 2.38. The van der Waals surface area contributed by atoms with Crippen molar-refractivity contribution in [2.75, 3.05) is 13.2 Å². The second-order valence-corrected chi connectivity index (χ2v) is 4.47. The molecule has 76 valence electrons. The predicted molar refractivity (Wildman–Crippen MR) is 48.3 cm³/mol. The monoisotopic (exact) mass is 187 g/mol. The van der Waals surface area contributed by atoms with E-state index in [1.165, 1.54) is 0 Å². The lowest BCUT2D eigenvalue weighted by Gasteiger charge is -2.47. The number of carboxylic acids is 1. The van der Waals surface area contributed by atoms with Gasteiger partial charge in [-0.3, -0.25) is 4.79 Å². The summed E-state index contributed by atoms with van der Waals surface area (Å²) in [5.74, 6) is -1.10. The van der Waals surface area contributed by atoms with Crippen molar-refractivity contribution in [3.8, 4) is 0 Å². The Hall–Kier alpha value is -0.610. The second-order valence-electron chi connectivity index (χ2n) is 4.47. The standard InChI is InChI=1S/C9H17NO3/c1-6-4-13-5-8(2,3)9(6,10)7(11)12/h6H,4-5,10H2,1-3H3,(H,11,12). The van der Waals surface area contributed by atoms with Gasteiger partial charge in [0.2, 0.25) is 0 Å². The normalized spacial score (nSPS) is 38.6. The van der Waals surface area contributed by atoms with Crippen LogP contribution in [0.25, 0.3) is 0 Å². The SMILES string of the molecule is CC1COCC(C)(C)C1(N)C(=O)O. The van der Waals surface area contributed by atoms with Gasteiger partial charge in [0.1, 0.15) is 5.54 Å². The summed E-state index contributed by atoms with van der Waals surface area (Å²) in [6.07, 6.45) is 0. The molecule has 0 aromatic rings. The van der Waals surface area contributed by atoms with Crippen LogP contribution in [0.3, 0.4) is 0 Å². The number of carbonyl (C=O) groups is 1. The van der Waals surface area contributed by atoms with E-state index in [9.17, 15) is 4.79 Å². The zero-order valence-corrected chi connectivity index (χ0v) is 8.33. The van der Waals surface area contributed by atoms with Crippen molar-refractivity contribution < 1.29 is 14.6 Å². The maximum Gasteiger partial charge on any atom is 0.324 e. The fourth-order valence-electron chi connectivity index (χ4n) is 1.91. The summed E-state index contributed by atoms with van der Waals surface area (Å²) in [5, 5.41) is 9.12. The highest BCUT2D eigenvalue weighted by Gasteiger charge is 2.54. The van der Waals surface area contributed by atoms with Gasteiger partial charge in [0.25, 0.3) is 0 Å². The van der Waals surface area contributed by atoms with Crippen LogP contribution in [0, 0.1) is 11.3 Å². The quantitative estimate of drug-likeness (QED) is 0.625. The van der Waals surface area contributed by atoms with Gasteiger partial charge in [-0.1, -0.05) is 20.8 Å². The summed E-state index contributed by atoms with van der Waals surface area (Å²) in [6.45, 7) is 6.30. The summed E-state index contributed by atoms with van der Waals surface area (Å²) in [5.41, 5.74) is 4.25. The molecule has 0 aliphatic carbocycles. The van der Waals surface area contributed by atoms with Crippen molar-refractivity contribution >= 4 is 5.97 Å². The second kappa shape index (κ2) is 2.96. The molecule has 4 heteroatoms. The highest BCUT2D eigenvalue weighted by Crippen LogP contribution is 2.39. The summed E-state index contributed by atoms with van der Waals surface area (Å²) >= 11 is 0. The van der Waals surface area contributed by atoms with Crippen molar-refractivity contribution in [3.63, 3.8) is 0 Å². The molecule has 0 aromatic carbocycles. The average Bonchev–Trinajstić information content (AvgIpc) is 1.99. The fraction of sp³-hybridized carbons (Fsp3) is 0.889. The first-order valence-corrected chi connectivity index (χ1v) is 4.42. The molecule has 0 saturated carbocycles. The van der Waals surface area contributed by atoms with Gasteiger partial charge in [0.05, 0.1) is 13.2 Å². The Labute approximate surface area is 78.1 Å². The number of rotatable bonds is 1. The molecule has 1 fully saturated rings. The fourth-order valence-corrected chi connectivity index (χ4v) is 1.91. The smallest absolute Gasteiger partial charge is 0.324 e. The van der Waals surface area contributed by atoms with Gasteiger partial charge in [-0.2, -0.15) is 0 Å². The molecule has 13 heavy (non-hydrogen) atoms. The molecule has 0 spiro atoms. The molecule has 0 bridgehead atoms. The molecule has 0 radical (unpaired) electrons. The minimum atomic E-state index is -1.18. The Bertz CT molecular complexity index is 227. The summed E-state index contributed by atoms with van der Waals surface area (Å²) in [7, 11) is 0. The van der Waals surface area contributed by atoms with E-state index in [0.29, 0.717) is 13.2 Å². The lowest BCUT2D eigenvalue weighted by molar-refractivity contribution is -0.164. The number of nitrogens with two attached hydrogens (primary N) is 1. The number of hydrogen-bond donors (Lipinski definition) is 2. The third-order valence-electron chi connectivity index (χ3n) is 3.08. The highest BCUT2D eigenvalue weighted by molar-refractivity contribution is 5.80. The van der Waals surface area contributed by atoms with Crippen molar-refractivity contribution in [2.24, 2.45) is 17.1 Å². The minimum Gasteiger partial charge on any atom is -0.480 e. The molecule has 0 amide bonds. The third-order valence-corrected chi connectivity index (χ3v) is 3.08. The first-order chi connectivity index (χ1) is 5.82. The zero-order chi connectivity index (χ0) is 10.3. The van der Waals surface area contributed by atoms with Crippen LogP contribution in [-0.4, -0.2) is 29.8 Å².